The Hall–Kier alpha value is -1.69. The number of nitrogens with zero attached hydrogens (tertiary/aromatic N) is 2. The highest BCUT2D eigenvalue weighted by Gasteiger charge is 2.09. The first-order chi connectivity index (χ1) is 7.50. The first-order valence-corrected chi connectivity index (χ1v) is 5.10. The summed E-state index contributed by atoms with van der Waals surface area (Å²) in [5.74, 6) is -1.70. The van der Waals surface area contributed by atoms with Crippen LogP contribution in [0.4, 0.5) is 5.69 Å². The Morgan fingerprint density at radius 1 is 1.25 bits per heavy atom. The van der Waals surface area contributed by atoms with Gasteiger partial charge in [0.15, 0.2) is 0 Å². The van der Waals surface area contributed by atoms with Crippen LogP contribution in [0.25, 0.3) is 0 Å². The van der Waals surface area contributed by atoms with Crippen molar-refractivity contribution < 1.29 is 15.0 Å². The van der Waals surface area contributed by atoms with Gasteiger partial charge in [-0.15, -0.1) is 5.11 Å². The number of aliphatic carboxylic acids is 1. The van der Waals surface area contributed by atoms with Gasteiger partial charge in [-0.25, -0.2) is 4.79 Å². The van der Waals surface area contributed by atoms with Crippen LogP contribution in [0.2, 0.25) is 0 Å². The van der Waals surface area contributed by atoms with E-state index in [1.807, 2.05) is 0 Å². The third kappa shape index (κ3) is 3.47. The lowest BCUT2D eigenvalue weighted by Crippen LogP contribution is -2.00. The van der Waals surface area contributed by atoms with Crippen LogP contribution in [0.5, 0.6) is 0 Å². The molecule has 0 aliphatic heterocycles. The number of allylic oxidation sites excluding steroid dienone is 1. The van der Waals surface area contributed by atoms with Crippen molar-refractivity contribution in [3.8, 4) is 0 Å². The maximum Gasteiger partial charge on any atom is 0.359 e. The van der Waals surface area contributed by atoms with Gasteiger partial charge in [0.05, 0.1) is 5.69 Å². The van der Waals surface area contributed by atoms with E-state index >= 15 is 0 Å². The summed E-state index contributed by atoms with van der Waals surface area (Å²) < 4.78 is 0.888. The van der Waals surface area contributed by atoms with Gasteiger partial charge in [-0.1, -0.05) is 15.9 Å². The van der Waals surface area contributed by atoms with Crippen molar-refractivity contribution >= 4 is 27.6 Å². The van der Waals surface area contributed by atoms with Crippen molar-refractivity contribution in [1.82, 2.24) is 0 Å². The third-order valence-corrected chi connectivity index (χ3v) is 2.17. The molecule has 1 rings (SSSR count). The van der Waals surface area contributed by atoms with Crippen LogP contribution in [0.1, 0.15) is 6.92 Å². The minimum atomic E-state index is -1.32. The third-order valence-electron chi connectivity index (χ3n) is 1.64. The van der Waals surface area contributed by atoms with Gasteiger partial charge in [-0.05, 0) is 31.2 Å². The Morgan fingerprint density at radius 3 is 2.25 bits per heavy atom. The molecule has 1 aromatic rings. The average Bonchev–Trinajstić information content (AvgIpc) is 2.20. The van der Waals surface area contributed by atoms with Crippen LogP contribution < -0.4 is 0 Å². The number of carboxylic acid groups (broad SMARTS) is 1. The van der Waals surface area contributed by atoms with Gasteiger partial charge in [0, 0.05) is 4.47 Å². The quantitative estimate of drug-likeness (QED) is 0.507. The lowest BCUT2D eigenvalue weighted by Gasteiger charge is -1.95. The van der Waals surface area contributed by atoms with Crippen LogP contribution in [0.3, 0.4) is 0 Å². The molecule has 0 bridgehead atoms. The number of halogens is 1. The van der Waals surface area contributed by atoms with Gasteiger partial charge in [-0.3, -0.25) is 0 Å². The number of aliphatic hydroxyl groups excluding tert-OH is 1. The fourth-order valence-corrected chi connectivity index (χ4v) is 1.15. The van der Waals surface area contributed by atoms with Gasteiger partial charge < -0.3 is 10.2 Å². The largest absolute Gasteiger partial charge is 0.510 e. The number of carboxylic acids is 1. The van der Waals surface area contributed by atoms with E-state index in [2.05, 4.69) is 26.2 Å². The standard InChI is InChI=1S/C10H9BrN2O3/c1-6(14)9(10(15)16)13-12-8-4-2-7(11)3-5-8/h2-5,14H,1H3,(H,15,16)/b9-6+,13-12?. The molecule has 84 valence electrons. The van der Waals surface area contributed by atoms with Gasteiger partial charge in [-0.2, -0.15) is 5.11 Å². The zero-order valence-corrected chi connectivity index (χ0v) is 9.97. The monoisotopic (exact) mass is 284 g/mol. The maximum absolute atomic E-state index is 10.6. The van der Waals surface area contributed by atoms with Gasteiger partial charge in [0.2, 0.25) is 5.70 Å². The minimum absolute atomic E-state index is 0.381. The van der Waals surface area contributed by atoms with Crippen molar-refractivity contribution in [2.45, 2.75) is 6.92 Å². The summed E-state index contributed by atoms with van der Waals surface area (Å²) in [5, 5.41) is 24.9. The van der Waals surface area contributed by atoms with E-state index in [1.54, 1.807) is 24.3 Å². The summed E-state index contributed by atoms with van der Waals surface area (Å²) in [7, 11) is 0. The molecule has 16 heavy (non-hydrogen) atoms. The first-order valence-electron chi connectivity index (χ1n) is 4.31. The molecule has 2 N–H and O–H groups in total. The molecule has 5 nitrogen and oxygen atoms in total. The van der Waals surface area contributed by atoms with Crippen LogP contribution >= 0.6 is 15.9 Å². The van der Waals surface area contributed by atoms with Crippen LogP contribution in [0, 0.1) is 0 Å². The molecule has 0 unspecified atom stereocenters. The molecule has 0 aliphatic carbocycles. The summed E-state index contributed by atoms with van der Waals surface area (Å²) in [6, 6.07) is 6.84. The van der Waals surface area contributed by atoms with Gasteiger partial charge in [0.25, 0.3) is 0 Å². The molecule has 0 atom stereocenters. The van der Waals surface area contributed by atoms with Crippen LogP contribution in [0.15, 0.2) is 50.4 Å². The number of hydrogen-bond acceptors (Lipinski definition) is 4. The predicted octanol–water partition coefficient (Wildman–Crippen LogP) is 3.41. The molecule has 0 heterocycles. The Morgan fingerprint density at radius 2 is 1.81 bits per heavy atom. The lowest BCUT2D eigenvalue weighted by molar-refractivity contribution is -0.132. The molecule has 0 amide bonds. The Balaban J connectivity index is 2.92. The Labute approximate surface area is 100 Å². The second-order valence-corrected chi connectivity index (χ2v) is 3.83. The van der Waals surface area contributed by atoms with E-state index in [9.17, 15) is 4.79 Å². The summed E-state index contributed by atoms with van der Waals surface area (Å²) in [5.41, 5.74) is 0.0334. The van der Waals surface area contributed by atoms with E-state index in [1.165, 1.54) is 6.92 Å². The Bertz CT molecular complexity index is 448. The average molecular weight is 285 g/mol. The van der Waals surface area contributed by atoms with Gasteiger partial charge in [0.1, 0.15) is 5.76 Å². The van der Waals surface area contributed by atoms with E-state index in [4.69, 9.17) is 10.2 Å². The number of aliphatic hydroxyl groups is 1. The normalized spacial score (nSPS) is 12.6. The lowest BCUT2D eigenvalue weighted by atomic mass is 10.3. The fraction of sp³-hybridized carbons (Fsp3) is 0.100. The smallest absolute Gasteiger partial charge is 0.359 e. The number of hydrogen-bond donors (Lipinski definition) is 2. The second-order valence-electron chi connectivity index (χ2n) is 2.92. The SMILES string of the molecule is C/C(O)=C(\N=Nc1ccc(Br)cc1)C(=O)O. The van der Waals surface area contributed by atoms with Crippen molar-refractivity contribution in [2.24, 2.45) is 10.2 Å². The summed E-state index contributed by atoms with van der Waals surface area (Å²) in [6.07, 6.45) is 0. The highest BCUT2D eigenvalue weighted by atomic mass is 79.9. The molecular formula is C10H9BrN2O3. The van der Waals surface area contributed by atoms with Crippen molar-refractivity contribution in [3.63, 3.8) is 0 Å². The molecular weight excluding hydrogens is 276 g/mol. The van der Waals surface area contributed by atoms with E-state index in [-0.39, 0.29) is 5.76 Å². The molecule has 0 aliphatic rings. The predicted molar refractivity (Wildman–Crippen MR) is 61.6 cm³/mol. The van der Waals surface area contributed by atoms with Crippen molar-refractivity contribution in [3.05, 3.63) is 40.2 Å². The van der Waals surface area contributed by atoms with Crippen molar-refractivity contribution in [1.29, 1.82) is 0 Å². The summed E-state index contributed by atoms with van der Waals surface area (Å²) in [6.45, 7) is 1.24. The van der Waals surface area contributed by atoms with Crippen molar-refractivity contribution in [2.75, 3.05) is 0 Å². The van der Waals surface area contributed by atoms with Crippen LogP contribution in [-0.2, 0) is 4.79 Å². The highest BCUT2D eigenvalue weighted by Crippen LogP contribution is 2.18. The molecule has 0 radical (unpaired) electrons. The highest BCUT2D eigenvalue weighted by molar-refractivity contribution is 9.10. The van der Waals surface area contributed by atoms with Gasteiger partial charge >= 0.3 is 5.97 Å². The molecule has 0 saturated carbocycles. The van der Waals surface area contributed by atoms with E-state index in [0.717, 1.165) is 4.47 Å². The van der Waals surface area contributed by atoms with Crippen LogP contribution in [-0.4, -0.2) is 16.2 Å². The molecule has 0 saturated heterocycles. The molecule has 0 spiro atoms. The summed E-state index contributed by atoms with van der Waals surface area (Å²) >= 11 is 3.26. The maximum atomic E-state index is 10.6. The van der Waals surface area contributed by atoms with E-state index < -0.39 is 11.7 Å². The molecule has 1 aromatic carbocycles. The minimum Gasteiger partial charge on any atom is -0.510 e. The fourth-order valence-electron chi connectivity index (χ4n) is 0.885. The number of carbonyl (C=O) groups is 1. The zero-order chi connectivity index (χ0) is 12.1. The topological polar surface area (TPSA) is 82.2 Å². The molecule has 6 heteroatoms. The number of azo groups is 1. The second kappa shape index (κ2) is 5.41. The van der Waals surface area contributed by atoms with E-state index in [0.29, 0.717) is 5.69 Å². The molecule has 0 fully saturated rings. The number of benzene rings is 1. The Kier molecular flexibility index (Phi) is 4.19. The molecule has 0 aromatic heterocycles. The zero-order valence-electron chi connectivity index (χ0n) is 8.38. The number of rotatable bonds is 3. The first kappa shape index (κ1) is 12.4. The summed E-state index contributed by atoms with van der Waals surface area (Å²) in [4.78, 5) is 10.6.